The molecule has 0 aromatic heterocycles. The molecular weight excluding hydrogens is 481 g/mol. The number of quaternary nitrogens is 1. The molecule has 0 spiro atoms. The molecule has 0 fully saturated rings. The van der Waals surface area contributed by atoms with Crippen LogP contribution in [0.1, 0.15) is 97.5 Å². The van der Waals surface area contributed by atoms with Crippen LogP contribution in [0.2, 0.25) is 6.32 Å². The van der Waals surface area contributed by atoms with Crippen LogP contribution in [0.4, 0.5) is 0 Å². The summed E-state index contributed by atoms with van der Waals surface area (Å²) < 4.78 is 1.42. The lowest BCUT2D eigenvalue weighted by molar-refractivity contribution is -0.929. The highest BCUT2D eigenvalue weighted by Crippen LogP contribution is 2.16. The van der Waals surface area contributed by atoms with Crippen LogP contribution in [0.5, 0.6) is 0 Å². The third-order valence-electron chi connectivity index (χ3n) is 8.40. The van der Waals surface area contributed by atoms with Gasteiger partial charge in [0.15, 0.2) is 0 Å². The van der Waals surface area contributed by atoms with Gasteiger partial charge in [0.2, 0.25) is 6.71 Å². The predicted molar refractivity (Wildman–Crippen MR) is 181 cm³/mol. The van der Waals surface area contributed by atoms with Gasteiger partial charge in [0, 0.05) is 0 Å². The van der Waals surface area contributed by atoms with Gasteiger partial charge in [-0.05, 0) is 44.1 Å². The Morgan fingerprint density at radius 3 is 1.20 bits per heavy atom. The van der Waals surface area contributed by atoms with Gasteiger partial charge in [-0.15, -0.1) is 0 Å². The fourth-order valence-electron chi connectivity index (χ4n) is 5.86. The molecule has 0 saturated carbocycles. The van der Waals surface area contributed by atoms with E-state index in [0.717, 1.165) is 0 Å². The van der Waals surface area contributed by atoms with Crippen LogP contribution in [0.3, 0.4) is 0 Å². The molecule has 0 N–H and O–H groups in total. The van der Waals surface area contributed by atoms with E-state index in [0.29, 0.717) is 6.71 Å². The molecule has 0 aliphatic carbocycles. The summed E-state index contributed by atoms with van der Waals surface area (Å²) in [4.78, 5) is 0. The zero-order valence-corrected chi connectivity index (χ0v) is 26.5. The van der Waals surface area contributed by atoms with Crippen molar-refractivity contribution in [2.45, 2.75) is 105 Å². The molecule has 3 aromatic carbocycles. The van der Waals surface area contributed by atoms with Gasteiger partial charge in [-0.25, -0.2) is 0 Å². The van der Waals surface area contributed by atoms with Gasteiger partial charge in [-0.2, -0.15) is 0 Å². The van der Waals surface area contributed by atoms with Crippen molar-refractivity contribution < 1.29 is 4.48 Å². The summed E-state index contributed by atoms with van der Waals surface area (Å²) in [6.07, 6.45) is 16.0. The largest absolute Gasteiger partial charge is 0.324 e. The first-order valence-electron chi connectivity index (χ1n) is 16.7. The summed E-state index contributed by atoms with van der Waals surface area (Å²) in [5.41, 5.74) is 4.31. The zero-order chi connectivity index (χ0) is 28.7. The van der Waals surface area contributed by atoms with Crippen LogP contribution in [0.25, 0.3) is 0 Å². The van der Waals surface area contributed by atoms with E-state index in [1.165, 1.54) is 124 Å². The number of aryl methyl sites for hydroxylation is 1. The Morgan fingerprint density at radius 2 is 0.825 bits per heavy atom. The first-order chi connectivity index (χ1) is 19.7. The van der Waals surface area contributed by atoms with Gasteiger partial charge in [-0.1, -0.05) is 168 Å². The monoisotopic (exact) mass is 540 g/mol. The van der Waals surface area contributed by atoms with Gasteiger partial charge >= 0.3 is 0 Å². The molecule has 3 rings (SSSR count). The van der Waals surface area contributed by atoms with Crippen molar-refractivity contribution in [3.05, 3.63) is 96.6 Å². The molecule has 2 heteroatoms. The van der Waals surface area contributed by atoms with Crippen LogP contribution >= 0.6 is 0 Å². The molecule has 0 amide bonds. The lowest BCUT2D eigenvalue weighted by atomic mass is 9.38. The SMILES string of the molecule is CCCC[N+](CCCC)(CCCC)CCCC.c1ccc(CCCCB(c2ccccc2)c2ccccc2)cc1. The molecule has 3 aromatic rings. The third kappa shape index (κ3) is 13.4. The molecular formula is C38H59BN+. The van der Waals surface area contributed by atoms with Crippen LogP contribution in [-0.2, 0) is 6.42 Å². The van der Waals surface area contributed by atoms with E-state index in [9.17, 15) is 0 Å². The van der Waals surface area contributed by atoms with E-state index in [-0.39, 0.29) is 0 Å². The van der Waals surface area contributed by atoms with Crippen LogP contribution in [-0.4, -0.2) is 37.4 Å². The van der Waals surface area contributed by atoms with E-state index in [4.69, 9.17) is 0 Å². The lowest BCUT2D eigenvalue weighted by Crippen LogP contribution is -2.50. The smallest absolute Gasteiger partial charge is 0.209 e. The summed E-state index contributed by atoms with van der Waals surface area (Å²) >= 11 is 0. The van der Waals surface area contributed by atoms with Gasteiger partial charge in [0.25, 0.3) is 0 Å². The van der Waals surface area contributed by atoms with Crippen LogP contribution in [0.15, 0.2) is 91.0 Å². The highest BCUT2D eigenvalue weighted by Gasteiger charge is 2.24. The van der Waals surface area contributed by atoms with Gasteiger partial charge in [0.1, 0.15) is 0 Å². The quantitative estimate of drug-likeness (QED) is 0.0807. The molecule has 0 bridgehead atoms. The van der Waals surface area contributed by atoms with Crippen LogP contribution in [0, 0.1) is 0 Å². The Kier molecular flexibility index (Phi) is 18.2. The Bertz CT molecular complexity index is 880. The maximum atomic E-state index is 2.33. The van der Waals surface area contributed by atoms with Crippen molar-refractivity contribution in [3.8, 4) is 0 Å². The molecule has 0 heterocycles. The topological polar surface area (TPSA) is 0 Å². The molecule has 218 valence electrons. The van der Waals surface area contributed by atoms with Crippen molar-refractivity contribution in [2.75, 3.05) is 26.2 Å². The number of rotatable bonds is 19. The van der Waals surface area contributed by atoms with Crippen molar-refractivity contribution >= 4 is 17.6 Å². The number of benzene rings is 3. The summed E-state index contributed by atoms with van der Waals surface area (Å²) in [5.74, 6) is 0. The first kappa shape index (κ1) is 33.9. The highest BCUT2D eigenvalue weighted by molar-refractivity contribution is 6.85. The molecule has 0 unspecified atom stereocenters. The van der Waals surface area contributed by atoms with Crippen molar-refractivity contribution in [1.82, 2.24) is 0 Å². The van der Waals surface area contributed by atoms with Crippen molar-refractivity contribution in [2.24, 2.45) is 0 Å². The summed E-state index contributed by atoms with van der Waals surface area (Å²) in [5, 5.41) is 0. The average Bonchev–Trinajstić information content (AvgIpc) is 3.02. The summed E-state index contributed by atoms with van der Waals surface area (Å²) in [7, 11) is 0. The van der Waals surface area contributed by atoms with Gasteiger partial charge in [0.05, 0.1) is 26.2 Å². The lowest BCUT2D eigenvalue weighted by Gasteiger charge is -2.39. The molecule has 40 heavy (non-hydrogen) atoms. The second-order valence-corrected chi connectivity index (χ2v) is 11.8. The molecule has 0 aliphatic rings. The van der Waals surface area contributed by atoms with Gasteiger partial charge in [-0.3, -0.25) is 0 Å². The Hall–Kier alpha value is -2.32. The fourth-order valence-corrected chi connectivity index (χ4v) is 5.86. The minimum absolute atomic E-state index is 0.508. The van der Waals surface area contributed by atoms with E-state index < -0.39 is 0 Å². The molecule has 0 saturated heterocycles. The summed E-state index contributed by atoms with van der Waals surface area (Å²) in [6, 6.07) is 32.6. The molecule has 0 radical (unpaired) electrons. The Labute approximate surface area is 249 Å². The van der Waals surface area contributed by atoms with E-state index in [1.807, 2.05) is 0 Å². The van der Waals surface area contributed by atoms with Crippen molar-refractivity contribution in [3.63, 3.8) is 0 Å². The second-order valence-electron chi connectivity index (χ2n) is 11.8. The maximum Gasteiger partial charge on any atom is 0.209 e. The van der Waals surface area contributed by atoms with Crippen molar-refractivity contribution in [1.29, 1.82) is 0 Å². The maximum absolute atomic E-state index is 2.33. The van der Waals surface area contributed by atoms with E-state index in [2.05, 4.69) is 119 Å². The molecule has 0 aliphatic heterocycles. The Morgan fingerprint density at radius 1 is 0.450 bits per heavy atom. The normalized spacial score (nSPS) is 11.1. The minimum Gasteiger partial charge on any atom is -0.324 e. The minimum atomic E-state index is 0.508. The van der Waals surface area contributed by atoms with Gasteiger partial charge < -0.3 is 4.48 Å². The third-order valence-corrected chi connectivity index (χ3v) is 8.40. The first-order valence-corrected chi connectivity index (χ1v) is 16.7. The molecule has 1 nitrogen and oxygen atoms in total. The Balaban J connectivity index is 0.000000296. The number of unbranched alkanes of at least 4 members (excludes halogenated alkanes) is 5. The standard InChI is InChI=1S/C22H23B.C16H36N/c1-4-12-20(13-5-1)14-10-11-19-23(21-15-6-2-7-16-21)22-17-8-3-9-18-22;1-5-9-13-17(14-10-6-2,15-11-7-3)16-12-8-4/h1-9,12-13,15-18H,10-11,14,19H2;5-16H2,1-4H3/q;+1. The number of hydrogen-bond acceptors (Lipinski definition) is 0. The van der Waals surface area contributed by atoms with E-state index in [1.54, 1.807) is 0 Å². The van der Waals surface area contributed by atoms with Crippen LogP contribution < -0.4 is 10.9 Å². The number of hydrogen-bond donors (Lipinski definition) is 0. The predicted octanol–water partition coefficient (Wildman–Crippen LogP) is 9.32. The second kappa shape index (κ2) is 21.4. The van der Waals surface area contributed by atoms with E-state index >= 15 is 0 Å². The average molecular weight is 541 g/mol. The highest BCUT2D eigenvalue weighted by atomic mass is 15.3. The summed E-state index contributed by atoms with van der Waals surface area (Å²) in [6.45, 7) is 15.5. The fraction of sp³-hybridized carbons (Fsp3) is 0.526. The zero-order valence-electron chi connectivity index (χ0n) is 26.5. The molecule has 0 atom stereocenters. The number of nitrogens with zero attached hydrogens (tertiary/aromatic N) is 1.